The Hall–Kier alpha value is -0.203. The van der Waals surface area contributed by atoms with E-state index in [0.29, 0.717) is 40.5 Å². The fraction of sp³-hybridized carbons (Fsp3) is 0.931. The first kappa shape index (κ1) is 25.4. The third-order valence-corrected chi connectivity index (χ3v) is 18.2. The van der Waals surface area contributed by atoms with Crippen LogP contribution in [0, 0.1) is 34.5 Å². The molecule has 0 amide bonds. The Kier molecular flexibility index (Phi) is 6.10. The van der Waals surface area contributed by atoms with Crippen molar-refractivity contribution in [3.8, 4) is 0 Å². The number of aliphatic hydroxyl groups excluding tert-OH is 1. The Labute approximate surface area is 209 Å². The van der Waals surface area contributed by atoms with Crippen LogP contribution in [0.2, 0.25) is 16.6 Å². The van der Waals surface area contributed by atoms with Gasteiger partial charge < -0.3 is 19.0 Å². The molecule has 4 nitrogen and oxygen atoms in total. The van der Waals surface area contributed by atoms with Crippen molar-refractivity contribution in [3.63, 3.8) is 0 Å². The van der Waals surface area contributed by atoms with Gasteiger partial charge in [0.05, 0.1) is 6.10 Å². The molecule has 194 valence electrons. The maximum atomic E-state index is 12.0. The molecule has 4 aliphatic carbocycles. The molecule has 0 aromatic heterocycles. The zero-order valence-corrected chi connectivity index (χ0v) is 24.1. The van der Waals surface area contributed by atoms with Gasteiger partial charge in [-0.25, -0.2) is 0 Å². The molecule has 3 saturated carbocycles. The van der Waals surface area contributed by atoms with Crippen molar-refractivity contribution in [1.29, 1.82) is 0 Å². The van der Waals surface area contributed by atoms with Crippen LogP contribution in [0.1, 0.15) is 87.5 Å². The van der Waals surface area contributed by atoms with Crippen LogP contribution < -0.4 is 0 Å². The third kappa shape index (κ3) is 2.97. The van der Waals surface area contributed by atoms with E-state index < -0.39 is 8.32 Å². The van der Waals surface area contributed by atoms with Crippen LogP contribution >= 0.6 is 0 Å². The molecule has 4 fully saturated rings. The summed E-state index contributed by atoms with van der Waals surface area (Å²) in [6.07, 6.45) is 10.3. The van der Waals surface area contributed by atoms with Crippen molar-refractivity contribution in [2.24, 2.45) is 34.5 Å². The second-order valence-electron chi connectivity index (χ2n) is 13.8. The lowest BCUT2D eigenvalue weighted by atomic mass is 9.43. The van der Waals surface area contributed by atoms with Crippen molar-refractivity contribution in [2.45, 2.75) is 128 Å². The molecule has 5 rings (SSSR count). The summed E-state index contributed by atoms with van der Waals surface area (Å²) < 4.78 is 19.1. The van der Waals surface area contributed by atoms with Crippen molar-refractivity contribution in [2.75, 3.05) is 7.11 Å². The maximum Gasteiger partial charge on any atom is 0.200 e. The molecule has 5 heteroatoms. The van der Waals surface area contributed by atoms with Crippen molar-refractivity contribution < 1.29 is 19.0 Å². The Morgan fingerprint density at radius 2 is 1.65 bits per heavy atom. The van der Waals surface area contributed by atoms with Gasteiger partial charge in [0.25, 0.3) is 0 Å². The molecule has 34 heavy (non-hydrogen) atoms. The zero-order chi connectivity index (χ0) is 24.8. The first-order valence-electron chi connectivity index (χ1n) is 14.2. The smallest absolute Gasteiger partial charge is 0.200 e. The van der Waals surface area contributed by atoms with Gasteiger partial charge >= 0.3 is 0 Å². The van der Waals surface area contributed by atoms with Crippen LogP contribution in [0.3, 0.4) is 0 Å². The number of hydrogen-bond donors (Lipinski definition) is 1. The summed E-state index contributed by atoms with van der Waals surface area (Å²) >= 11 is 0. The molecular formula is C29H50O4Si. The minimum absolute atomic E-state index is 0.0333. The lowest BCUT2D eigenvalue weighted by Gasteiger charge is -2.63. The summed E-state index contributed by atoms with van der Waals surface area (Å²) in [5, 5.41) is 12.0. The molecule has 1 N–H and O–H groups in total. The molecule has 1 heterocycles. The van der Waals surface area contributed by atoms with Crippen molar-refractivity contribution in [3.05, 3.63) is 12.2 Å². The van der Waals surface area contributed by atoms with Crippen LogP contribution in [0.5, 0.6) is 0 Å². The molecule has 10 atom stereocenters. The fourth-order valence-electron chi connectivity index (χ4n) is 10.4. The van der Waals surface area contributed by atoms with E-state index in [4.69, 9.17) is 13.9 Å². The van der Waals surface area contributed by atoms with E-state index in [1.165, 1.54) is 0 Å². The van der Waals surface area contributed by atoms with Crippen LogP contribution in [0.4, 0.5) is 0 Å². The van der Waals surface area contributed by atoms with E-state index in [2.05, 4.69) is 67.5 Å². The molecule has 1 unspecified atom stereocenters. The van der Waals surface area contributed by atoms with Gasteiger partial charge in [0, 0.05) is 24.5 Å². The van der Waals surface area contributed by atoms with Crippen molar-refractivity contribution in [1.82, 2.24) is 0 Å². The number of fused-ring (bicyclic) bond motifs is 3. The first-order chi connectivity index (χ1) is 15.9. The summed E-state index contributed by atoms with van der Waals surface area (Å²) in [7, 11) is -0.188. The van der Waals surface area contributed by atoms with E-state index in [9.17, 15) is 5.11 Å². The second-order valence-corrected chi connectivity index (χ2v) is 19.2. The van der Waals surface area contributed by atoms with Gasteiger partial charge in [-0.15, -0.1) is 0 Å². The molecule has 0 aromatic rings. The molecule has 5 aliphatic rings. The molecule has 1 aliphatic heterocycles. The van der Waals surface area contributed by atoms with Gasteiger partial charge in [0.15, 0.2) is 6.29 Å². The van der Waals surface area contributed by atoms with Gasteiger partial charge in [-0.3, -0.25) is 0 Å². The molecule has 2 bridgehead atoms. The quantitative estimate of drug-likeness (QED) is 0.256. The standard InChI is InChI=1S/C29H50O4Si/c1-17(2)34(18(3)4,19(5)6)33-24-12-13-27(8)22(20(24)7)11-10-21-16-23-25(30)28(21,27)14-15-29(23)26(31-9)32-29/h10-11,17-26,30H,12-16H2,1-9H3/t20-,21+,22-,23+,24-,25+,26?,27-,28+,29+/m0/s1. The highest BCUT2D eigenvalue weighted by Crippen LogP contribution is 2.75. The highest BCUT2D eigenvalue weighted by Gasteiger charge is 2.77. The number of ether oxygens (including phenoxy) is 2. The van der Waals surface area contributed by atoms with Gasteiger partial charge in [0.2, 0.25) is 8.32 Å². The highest BCUT2D eigenvalue weighted by molar-refractivity contribution is 6.77. The average molecular weight is 491 g/mol. The number of epoxide rings is 1. The minimum Gasteiger partial charge on any atom is -0.413 e. The maximum absolute atomic E-state index is 12.0. The van der Waals surface area contributed by atoms with Gasteiger partial charge in [-0.05, 0) is 71.9 Å². The summed E-state index contributed by atoms with van der Waals surface area (Å²) in [6.45, 7) is 19.3. The van der Waals surface area contributed by atoms with E-state index in [1.54, 1.807) is 7.11 Å². The zero-order valence-electron chi connectivity index (χ0n) is 23.1. The second kappa shape index (κ2) is 8.15. The average Bonchev–Trinajstić information content (AvgIpc) is 3.43. The summed E-state index contributed by atoms with van der Waals surface area (Å²) in [4.78, 5) is 0. The SMILES string of the molecule is COC1O[C@@]12CC[C@]13[C@H](C=C[C@H]4[C@H](C)[C@@H](O[Si](C(C)C)(C(C)C)C(C)C)CC[C@@]41C)C[C@@H]2[C@H]3O. The molecular weight excluding hydrogens is 440 g/mol. The molecule has 2 spiro atoms. The Morgan fingerprint density at radius 3 is 2.21 bits per heavy atom. The van der Waals surface area contributed by atoms with Crippen LogP contribution in [-0.4, -0.2) is 44.6 Å². The largest absolute Gasteiger partial charge is 0.413 e. The molecule has 0 radical (unpaired) electrons. The topological polar surface area (TPSA) is 51.2 Å². The monoisotopic (exact) mass is 490 g/mol. The fourth-order valence-corrected chi connectivity index (χ4v) is 16.1. The number of methoxy groups -OCH3 is 1. The summed E-state index contributed by atoms with van der Waals surface area (Å²) in [6, 6.07) is 0. The van der Waals surface area contributed by atoms with E-state index in [0.717, 1.165) is 32.1 Å². The van der Waals surface area contributed by atoms with E-state index in [-0.39, 0.29) is 34.7 Å². The molecule has 1 saturated heterocycles. The Bertz CT molecular complexity index is 803. The first-order valence-corrected chi connectivity index (χ1v) is 16.3. The Morgan fingerprint density at radius 1 is 1.00 bits per heavy atom. The lowest BCUT2D eigenvalue weighted by Crippen LogP contribution is -2.63. The molecule has 0 aromatic carbocycles. The van der Waals surface area contributed by atoms with Crippen LogP contribution in [0.15, 0.2) is 12.2 Å². The van der Waals surface area contributed by atoms with Crippen LogP contribution in [-0.2, 0) is 13.9 Å². The summed E-state index contributed by atoms with van der Waals surface area (Å²) in [5.41, 5.74) is 1.66. The number of rotatable bonds is 6. The van der Waals surface area contributed by atoms with Gasteiger partial charge in [-0.1, -0.05) is 67.5 Å². The number of allylic oxidation sites excluding steroid dienone is 2. The lowest BCUT2D eigenvalue weighted by molar-refractivity contribution is -0.173. The minimum atomic E-state index is -1.93. The highest BCUT2D eigenvalue weighted by atomic mass is 28.4. The van der Waals surface area contributed by atoms with Crippen molar-refractivity contribution >= 4 is 8.32 Å². The predicted octanol–water partition coefficient (Wildman–Crippen LogP) is 6.69. The number of aliphatic hydroxyl groups is 1. The van der Waals surface area contributed by atoms with Crippen LogP contribution in [0.25, 0.3) is 0 Å². The third-order valence-electron chi connectivity index (χ3n) is 12.0. The summed E-state index contributed by atoms with van der Waals surface area (Å²) in [5.74, 6) is 1.58. The van der Waals surface area contributed by atoms with E-state index in [1.807, 2.05) is 0 Å². The van der Waals surface area contributed by atoms with Gasteiger partial charge in [-0.2, -0.15) is 0 Å². The van der Waals surface area contributed by atoms with E-state index >= 15 is 0 Å². The Balaban J connectivity index is 1.44. The number of hydrogen-bond acceptors (Lipinski definition) is 4. The van der Waals surface area contributed by atoms with Gasteiger partial charge in [0.1, 0.15) is 5.60 Å². The predicted molar refractivity (Wildman–Crippen MR) is 139 cm³/mol. The normalized spacial score (nSPS) is 49.7.